The van der Waals surface area contributed by atoms with Crippen LogP contribution in [0.5, 0.6) is 5.88 Å². The van der Waals surface area contributed by atoms with Crippen molar-refractivity contribution in [3.8, 4) is 5.88 Å². The van der Waals surface area contributed by atoms with Crippen LogP contribution in [0.15, 0.2) is 53.8 Å². The van der Waals surface area contributed by atoms with Gasteiger partial charge in [0.2, 0.25) is 5.88 Å². The van der Waals surface area contributed by atoms with E-state index < -0.39 is 0 Å². The average molecular weight is 351 g/mol. The van der Waals surface area contributed by atoms with Gasteiger partial charge in [-0.3, -0.25) is 9.69 Å². The summed E-state index contributed by atoms with van der Waals surface area (Å²) in [6, 6.07) is 13.9. The summed E-state index contributed by atoms with van der Waals surface area (Å²) in [4.78, 5) is 28.4. The summed E-state index contributed by atoms with van der Waals surface area (Å²) in [6.07, 6.45) is 1.44. The molecule has 1 aromatic heterocycles. The quantitative estimate of drug-likeness (QED) is 0.540. The van der Waals surface area contributed by atoms with Gasteiger partial charge in [0.05, 0.1) is 6.61 Å². The number of likely N-dealkylation sites (tertiary alicyclic amines) is 1. The zero-order valence-electron chi connectivity index (χ0n) is 14.5. The molecule has 2 aromatic rings. The minimum absolute atomic E-state index is 0.325. The van der Waals surface area contributed by atoms with Crippen LogP contribution in [-0.2, 0) is 6.54 Å². The number of rotatable bonds is 8. The van der Waals surface area contributed by atoms with Crippen molar-refractivity contribution in [2.45, 2.75) is 6.54 Å². The van der Waals surface area contributed by atoms with Crippen LogP contribution in [0, 0.1) is 22.7 Å². The molecule has 6 heteroatoms. The Hall–Kier alpha value is -2.60. The van der Waals surface area contributed by atoms with Crippen LogP contribution in [0.3, 0.4) is 0 Å². The van der Waals surface area contributed by atoms with Gasteiger partial charge >= 0.3 is 0 Å². The number of ketones is 1. The molecule has 3 atom stereocenters. The first-order valence-electron chi connectivity index (χ1n) is 8.92. The fourth-order valence-electron chi connectivity index (χ4n) is 3.92. The van der Waals surface area contributed by atoms with Crippen molar-refractivity contribution in [3.05, 3.63) is 64.7 Å². The van der Waals surface area contributed by atoms with Gasteiger partial charge in [-0.1, -0.05) is 35.5 Å². The maximum Gasteiger partial charge on any atom is 0.213 e. The van der Waals surface area contributed by atoms with Crippen molar-refractivity contribution in [2.75, 3.05) is 26.2 Å². The topological polar surface area (TPSA) is 71.9 Å². The molecule has 0 N–H and O–H groups in total. The molecule has 6 nitrogen and oxygen atoms in total. The second-order valence-electron chi connectivity index (χ2n) is 7.08. The highest BCUT2D eigenvalue weighted by Crippen LogP contribution is 2.51. The predicted molar refractivity (Wildman–Crippen MR) is 96.9 cm³/mol. The molecule has 0 spiro atoms. The Labute approximate surface area is 152 Å². The van der Waals surface area contributed by atoms with Crippen LogP contribution < -0.4 is 4.74 Å². The van der Waals surface area contributed by atoms with Crippen LogP contribution in [0.1, 0.15) is 15.9 Å². The number of nitrogens with zero attached hydrogens (tertiary/aromatic N) is 3. The molecule has 4 rings (SSSR count). The Morgan fingerprint density at radius 1 is 1.15 bits per heavy atom. The number of hydrogen-bond donors (Lipinski definition) is 0. The molecule has 26 heavy (non-hydrogen) atoms. The Balaban J connectivity index is 1.22. The third-order valence-corrected chi connectivity index (χ3v) is 5.39. The van der Waals surface area contributed by atoms with Crippen molar-refractivity contribution in [1.82, 2.24) is 9.88 Å². The zero-order chi connectivity index (χ0) is 17.9. The van der Waals surface area contributed by atoms with Crippen molar-refractivity contribution in [1.29, 1.82) is 0 Å². The first-order chi connectivity index (χ1) is 12.7. The molecule has 0 bridgehead atoms. The molecule has 1 aliphatic carbocycles. The Morgan fingerprint density at radius 2 is 1.92 bits per heavy atom. The number of ether oxygens (including phenoxy) is 1. The SMILES string of the molecule is O=NCC(=O)c1ccc(OCC2[C@H]3CN(Cc4ccccc4)C[C@@H]23)nc1. The minimum atomic E-state index is -0.354. The number of aromatic nitrogens is 1. The number of pyridine rings is 1. The predicted octanol–water partition coefficient (Wildman–Crippen LogP) is 2.79. The lowest BCUT2D eigenvalue weighted by Crippen LogP contribution is -2.25. The number of fused-ring (bicyclic) bond motifs is 1. The fourth-order valence-corrected chi connectivity index (χ4v) is 3.92. The Bertz CT molecular complexity index is 767. The van der Waals surface area contributed by atoms with Crippen LogP contribution in [0.25, 0.3) is 0 Å². The van der Waals surface area contributed by atoms with Gasteiger partial charge in [-0.25, -0.2) is 4.98 Å². The zero-order valence-corrected chi connectivity index (χ0v) is 14.5. The molecule has 1 saturated carbocycles. The maximum absolute atomic E-state index is 11.5. The van der Waals surface area contributed by atoms with Gasteiger partial charge < -0.3 is 4.74 Å². The summed E-state index contributed by atoms with van der Waals surface area (Å²) in [6.45, 7) is 3.60. The van der Waals surface area contributed by atoms with E-state index in [-0.39, 0.29) is 12.3 Å². The summed E-state index contributed by atoms with van der Waals surface area (Å²) in [5.74, 6) is 2.24. The summed E-state index contributed by atoms with van der Waals surface area (Å²) in [5, 5.41) is 2.60. The molecule has 2 heterocycles. The summed E-state index contributed by atoms with van der Waals surface area (Å²) in [7, 11) is 0. The number of carbonyl (C=O) groups excluding carboxylic acids is 1. The molecule has 1 unspecified atom stereocenters. The van der Waals surface area contributed by atoms with E-state index in [9.17, 15) is 9.70 Å². The minimum Gasteiger partial charge on any atom is -0.477 e. The normalized spacial score (nSPS) is 24.1. The lowest BCUT2D eigenvalue weighted by molar-refractivity contribution is 0.100. The smallest absolute Gasteiger partial charge is 0.213 e. The Morgan fingerprint density at radius 3 is 2.58 bits per heavy atom. The van der Waals surface area contributed by atoms with Gasteiger partial charge in [0.1, 0.15) is 6.54 Å². The first-order valence-corrected chi connectivity index (χ1v) is 8.92. The lowest BCUT2D eigenvalue weighted by Gasteiger charge is -2.19. The van der Waals surface area contributed by atoms with E-state index in [4.69, 9.17) is 4.74 Å². The van der Waals surface area contributed by atoms with Gasteiger partial charge in [-0.2, -0.15) is 4.91 Å². The van der Waals surface area contributed by atoms with E-state index in [1.54, 1.807) is 12.1 Å². The van der Waals surface area contributed by atoms with Gasteiger partial charge in [-0.05, 0) is 23.5 Å². The van der Waals surface area contributed by atoms with Gasteiger partial charge in [-0.15, -0.1) is 0 Å². The maximum atomic E-state index is 11.5. The molecular formula is C20H21N3O3. The lowest BCUT2D eigenvalue weighted by atomic mass is 10.2. The second kappa shape index (κ2) is 7.33. The molecule has 2 fully saturated rings. The van der Waals surface area contributed by atoms with E-state index in [1.165, 1.54) is 11.8 Å². The molecule has 1 aromatic carbocycles. The van der Waals surface area contributed by atoms with Crippen molar-refractivity contribution >= 4 is 5.78 Å². The van der Waals surface area contributed by atoms with E-state index in [0.717, 1.165) is 31.5 Å². The summed E-state index contributed by atoms with van der Waals surface area (Å²) >= 11 is 0. The highest BCUT2D eigenvalue weighted by molar-refractivity contribution is 5.97. The van der Waals surface area contributed by atoms with Gasteiger partial charge in [0, 0.05) is 43.4 Å². The Kier molecular flexibility index (Phi) is 4.75. The second-order valence-corrected chi connectivity index (χ2v) is 7.08. The molecular weight excluding hydrogens is 330 g/mol. The molecule has 2 aliphatic rings. The van der Waals surface area contributed by atoms with Crippen molar-refractivity contribution < 1.29 is 9.53 Å². The fraction of sp³-hybridized carbons (Fsp3) is 0.400. The number of Topliss-reactive ketones (excluding diaryl/α,β-unsaturated/α-hetero) is 1. The van der Waals surface area contributed by atoms with Crippen LogP contribution in [-0.4, -0.2) is 41.9 Å². The van der Waals surface area contributed by atoms with E-state index in [1.807, 2.05) is 6.07 Å². The van der Waals surface area contributed by atoms with Crippen LogP contribution >= 0.6 is 0 Å². The average Bonchev–Trinajstić information content (AvgIpc) is 3.12. The number of piperidine rings is 1. The number of nitroso groups, excluding NO2 is 1. The van der Waals surface area contributed by atoms with E-state index in [0.29, 0.717) is 24.0 Å². The number of benzene rings is 1. The highest BCUT2D eigenvalue weighted by atomic mass is 16.5. The van der Waals surface area contributed by atoms with E-state index in [2.05, 4.69) is 39.3 Å². The van der Waals surface area contributed by atoms with Crippen molar-refractivity contribution in [3.63, 3.8) is 0 Å². The molecule has 1 aliphatic heterocycles. The molecule has 0 radical (unpaired) electrons. The summed E-state index contributed by atoms with van der Waals surface area (Å²) in [5.41, 5.74) is 1.75. The van der Waals surface area contributed by atoms with Gasteiger partial charge in [0.15, 0.2) is 5.78 Å². The summed E-state index contributed by atoms with van der Waals surface area (Å²) < 4.78 is 5.79. The first kappa shape index (κ1) is 16.8. The van der Waals surface area contributed by atoms with E-state index >= 15 is 0 Å². The molecule has 134 valence electrons. The van der Waals surface area contributed by atoms with Crippen LogP contribution in [0.4, 0.5) is 0 Å². The largest absolute Gasteiger partial charge is 0.477 e. The monoisotopic (exact) mass is 351 g/mol. The number of hydrogen-bond acceptors (Lipinski definition) is 6. The van der Waals surface area contributed by atoms with Crippen LogP contribution in [0.2, 0.25) is 0 Å². The standard InChI is InChI=1S/C20H21N3O3/c24-19(9-22-25)15-6-7-20(21-8-15)26-13-18-16-11-23(12-17(16)18)10-14-4-2-1-3-5-14/h1-8,16-18H,9-13H2/t16-,17+,18?. The number of carbonyl (C=O) groups is 1. The van der Waals surface area contributed by atoms with Crippen molar-refractivity contribution in [2.24, 2.45) is 22.9 Å². The van der Waals surface area contributed by atoms with Gasteiger partial charge in [0.25, 0.3) is 0 Å². The third kappa shape index (κ3) is 3.65. The third-order valence-electron chi connectivity index (χ3n) is 5.39. The highest BCUT2D eigenvalue weighted by Gasteiger charge is 2.55. The molecule has 0 amide bonds. The molecule has 1 saturated heterocycles.